The Morgan fingerprint density at radius 1 is 1.44 bits per heavy atom. The van der Waals surface area contributed by atoms with Gasteiger partial charge in [0, 0.05) is 0 Å². The number of anilines is 1. The van der Waals surface area contributed by atoms with Crippen LogP contribution in [0.2, 0.25) is 5.02 Å². The lowest BCUT2D eigenvalue weighted by Gasteiger charge is -2.04. The maximum Gasteiger partial charge on any atom is 0.258 e. The second kappa shape index (κ2) is 4.67. The molecule has 0 radical (unpaired) electrons. The van der Waals surface area contributed by atoms with Gasteiger partial charge in [0.2, 0.25) is 0 Å². The van der Waals surface area contributed by atoms with Crippen LogP contribution < -0.4 is 5.32 Å². The second-order valence-corrected chi connectivity index (χ2v) is 4.29. The molecule has 0 aliphatic heterocycles. The molecule has 0 aliphatic carbocycles. The highest BCUT2D eigenvalue weighted by Gasteiger charge is 2.11. The lowest BCUT2D eigenvalue weighted by molar-refractivity contribution is 0.102. The number of hydrogen-bond donors (Lipinski definition) is 2. The highest BCUT2D eigenvalue weighted by Crippen LogP contribution is 2.20. The minimum absolute atomic E-state index is 0.282. The van der Waals surface area contributed by atoms with Gasteiger partial charge in [-0.25, -0.2) is 0 Å². The van der Waals surface area contributed by atoms with E-state index in [0.29, 0.717) is 20.9 Å². The zero-order valence-electron chi connectivity index (χ0n) is 8.00. The van der Waals surface area contributed by atoms with Gasteiger partial charge in [-0.1, -0.05) is 23.7 Å². The molecule has 0 unspecified atom stereocenters. The first-order valence-corrected chi connectivity index (χ1v) is 5.60. The van der Waals surface area contributed by atoms with Gasteiger partial charge in [0.1, 0.15) is 5.82 Å². The van der Waals surface area contributed by atoms with E-state index >= 15 is 0 Å². The fraction of sp³-hybridized carbons (Fsp3) is 0. The van der Waals surface area contributed by atoms with Crippen molar-refractivity contribution in [2.75, 3.05) is 5.32 Å². The molecule has 82 valence electrons. The molecule has 1 aromatic heterocycles. The van der Waals surface area contributed by atoms with Crippen LogP contribution in [0.1, 0.15) is 10.4 Å². The standard InChI is InChI=1S/C10H7BrClN3O/c11-7-5-13-15-9(7)14-10(16)6-3-1-2-4-8(6)12/h1-5H,(H2,13,14,15,16). The average molecular weight is 301 g/mol. The van der Waals surface area contributed by atoms with Crippen LogP contribution in [0.15, 0.2) is 34.9 Å². The van der Waals surface area contributed by atoms with Gasteiger partial charge in [-0.3, -0.25) is 9.89 Å². The van der Waals surface area contributed by atoms with E-state index in [0.717, 1.165) is 0 Å². The number of H-pyrrole nitrogens is 1. The number of carbonyl (C=O) groups excluding carboxylic acids is 1. The number of halogens is 2. The molecule has 0 saturated heterocycles. The number of nitrogens with zero attached hydrogens (tertiary/aromatic N) is 1. The van der Waals surface area contributed by atoms with E-state index in [1.807, 2.05) is 0 Å². The summed E-state index contributed by atoms with van der Waals surface area (Å²) < 4.78 is 0.688. The van der Waals surface area contributed by atoms with Crippen LogP contribution in [0.5, 0.6) is 0 Å². The van der Waals surface area contributed by atoms with E-state index < -0.39 is 0 Å². The van der Waals surface area contributed by atoms with Crippen molar-refractivity contribution in [1.29, 1.82) is 0 Å². The Balaban J connectivity index is 2.22. The summed E-state index contributed by atoms with van der Waals surface area (Å²) in [5.74, 6) is 0.223. The Morgan fingerprint density at radius 3 is 2.81 bits per heavy atom. The van der Waals surface area contributed by atoms with Crippen LogP contribution in [0, 0.1) is 0 Å². The van der Waals surface area contributed by atoms with Gasteiger partial charge in [0.05, 0.1) is 21.3 Å². The Bertz CT molecular complexity index is 526. The van der Waals surface area contributed by atoms with Crippen LogP contribution in [0.25, 0.3) is 0 Å². The molecule has 16 heavy (non-hydrogen) atoms. The maximum atomic E-state index is 11.8. The SMILES string of the molecule is O=C(Nc1[nH]ncc1Br)c1ccccc1Cl. The van der Waals surface area contributed by atoms with E-state index in [9.17, 15) is 4.79 Å². The zero-order valence-corrected chi connectivity index (χ0v) is 10.3. The first-order chi connectivity index (χ1) is 7.68. The molecule has 1 amide bonds. The van der Waals surface area contributed by atoms with Gasteiger partial charge < -0.3 is 5.32 Å². The number of amides is 1. The number of carbonyl (C=O) groups is 1. The summed E-state index contributed by atoms with van der Waals surface area (Å²) in [7, 11) is 0. The Morgan fingerprint density at radius 2 is 2.19 bits per heavy atom. The smallest absolute Gasteiger partial charge is 0.258 e. The third-order valence-electron chi connectivity index (χ3n) is 1.95. The normalized spacial score (nSPS) is 10.1. The molecule has 2 aromatic rings. The average Bonchev–Trinajstić information content (AvgIpc) is 2.65. The molecule has 2 N–H and O–H groups in total. The van der Waals surface area contributed by atoms with Crippen LogP contribution in [-0.4, -0.2) is 16.1 Å². The molecular formula is C10H7BrClN3O. The van der Waals surface area contributed by atoms with Gasteiger partial charge >= 0.3 is 0 Å². The Hall–Kier alpha value is -1.33. The summed E-state index contributed by atoms with van der Waals surface area (Å²) in [4.78, 5) is 11.8. The zero-order chi connectivity index (χ0) is 11.5. The summed E-state index contributed by atoms with van der Waals surface area (Å²) in [6.07, 6.45) is 1.56. The molecule has 1 heterocycles. The van der Waals surface area contributed by atoms with Gasteiger partial charge in [-0.2, -0.15) is 5.10 Å². The van der Waals surface area contributed by atoms with Crippen molar-refractivity contribution in [3.8, 4) is 0 Å². The quantitative estimate of drug-likeness (QED) is 0.895. The molecule has 0 bridgehead atoms. The van der Waals surface area contributed by atoms with Crippen LogP contribution in [0.3, 0.4) is 0 Å². The number of benzene rings is 1. The first-order valence-electron chi connectivity index (χ1n) is 4.43. The monoisotopic (exact) mass is 299 g/mol. The number of hydrogen-bond acceptors (Lipinski definition) is 2. The molecule has 0 aliphatic rings. The minimum atomic E-state index is -0.282. The molecule has 2 rings (SSSR count). The third kappa shape index (κ3) is 2.25. The van der Waals surface area contributed by atoms with Crippen LogP contribution in [-0.2, 0) is 0 Å². The lowest BCUT2D eigenvalue weighted by atomic mass is 10.2. The van der Waals surface area contributed by atoms with E-state index in [-0.39, 0.29) is 5.91 Å². The van der Waals surface area contributed by atoms with E-state index in [2.05, 4.69) is 31.4 Å². The number of rotatable bonds is 2. The summed E-state index contributed by atoms with van der Waals surface area (Å²) in [5, 5.41) is 9.50. The van der Waals surface area contributed by atoms with Gasteiger partial charge in [0.15, 0.2) is 0 Å². The summed E-state index contributed by atoms with van der Waals surface area (Å²) >= 11 is 9.15. The van der Waals surface area contributed by atoms with Crippen molar-refractivity contribution in [3.05, 3.63) is 45.5 Å². The number of nitrogens with one attached hydrogen (secondary N) is 2. The van der Waals surface area contributed by atoms with Crippen molar-refractivity contribution in [3.63, 3.8) is 0 Å². The Kier molecular flexibility index (Phi) is 3.26. The minimum Gasteiger partial charge on any atom is -0.306 e. The number of aromatic nitrogens is 2. The topological polar surface area (TPSA) is 57.8 Å². The fourth-order valence-electron chi connectivity index (χ4n) is 1.19. The molecule has 0 atom stereocenters. The van der Waals surface area contributed by atoms with Crippen LogP contribution >= 0.6 is 27.5 Å². The van der Waals surface area contributed by atoms with E-state index in [1.165, 1.54) is 0 Å². The molecule has 0 fully saturated rings. The second-order valence-electron chi connectivity index (χ2n) is 3.03. The van der Waals surface area contributed by atoms with Crippen LogP contribution in [0.4, 0.5) is 5.82 Å². The summed E-state index contributed by atoms with van der Waals surface area (Å²) in [5.41, 5.74) is 0.422. The number of aromatic amines is 1. The summed E-state index contributed by atoms with van der Waals surface area (Å²) in [6.45, 7) is 0. The van der Waals surface area contributed by atoms with Gasteiger partial charge in [-0.05, 0) is 28.1 Å². The first kappa shape index (κ1) is 11.2. The predicted molar refractivity (Wildman–Crippen MR) is 65.7 cm³/mol. The molecule has 4 nitrogen and oxygen atoms in total. The lowest BCUT2D eigenvalue weighted by Crippen LogP contribution is -2.12. The highest BCUT2D eigenvalue weighted by molar-refractivity contribution is 9.10. The summed E-state index contributed by atoms with van der Waals surface area (Å²) in [6, 6.07) is 6.84. The van der Waals surface area contributed by atoms with E-state index in [1.54, 1.807) is 30.5 Å². The van der Waals surface area contributed by atoms with Crippen molar-refractivity contribution in [2.24, 2.45) is 0 Å². The van der Waals surface area contributed by atoms with Gasteiger partial charge in [-0.15, -0.1) is 0 Å². The molecule has 1 aromatic carbocycles. The van der Waals surface area contributed by atoms with Crippen molar-refractivity contribution in [1.82, 2.24) is 10.2 Å². The molecular weight excluding hydrogens is 293 g/mol. The third-order valence-corrected chi connectivity index (χ3v) is 2.88. The molecule has 6 heteroatoms. The highest BCUT2D eigenvalue weighted by atomic mass is 79.9. The van der Waals surface area contributed by atoms with E-state index in [4.69, 9.17) is 11.6 Å². The van der Waals surface area contributed by atoms with Crippen molar-refractivity contribution in [2.45, 2.75) is 0 Å². The Labute approximate surface area is 105 Å². The largest absolute Gasteiger partial charge is 0.306 e. The molecule has 0 saturated carbocycles. The van der Waals surface area contributed by atoms with Crippen molar-refractivity contribution >= 4 is 39.3 Å². The van der Waals surface area contributed by atoms with Crippen molar-refractivity contribution < 1.29 is 4.79 Å². The molecule has 0 spiro atoms. The van der Waals surface area contributed by atoms with Gasteiger partial charge in [0.25, 0.3) is 5.91 Å². The fourth-order valence-corrected chi connectivity index (χ4v) is 1.70. The maximum absolute atomic E-state index is 11.8. The predicted octanol–water partition coefficient (Wildman–Crippen LogP) is 3.08.